The van der Waals surface area contributed by atoms with Crippen LogP contribution in [0.3, 0.4) is 0 Å². The van der Waals surface area contributed by atoms with E-state index in [4.69, 9.17) is 5.11 Å². The number of non-ortho nitro benzene ring substituents is 1. The highest BCUT2D eigenvalue weighted by Crippen LogP contribution is 2.24. The first-order valence-electron chi connectivity index (χ1n) is 5.38. The number of aliphatic hydroxyl groups is 1. The Balaban J connectivity index is 2.83. The minimum absolute atomic E-state index is 0.0380. The molecule has 0 saturated heterocycles. The first kappa shape index (κ1) is 13.2. The molecule has 0 amide bonds. The molecule has 0 aliphatic heterocycles. The fraction of sp³-hybridized carbons (Fsp3) is 0.455. The molecule has 0 saturated carbocycles. The summed E-state index contributed by atoms with van der Waals surface area (Å²) in [5.74, 6) is 0.104. The molecule has 0 aliphatic carbocycles. The Bertz CT molecular complexity index is 396. The van der Waals surface area contributed by atoms with Crippen LogP contribution in [0.1, 0.15) is 6.92 Å². The molecule has 0 spiro atoms. The van der Waals surface area contributed by atoms with Gasteiger partial charge < -0.3 is 15.7 Å². The highest BCUT2D eigenvalue weighted by atomic mass is 16.6. The molecule has 94 valence electrons. The van der Waals surface area contributed by atoms with Gasteiger partial charge in [-0.1, -0.05) is 6.92 Å². The second-order valence-corrected chi connectivity index (χ2v) is 3.94. The number of rotatable bonds is 6. The molecule has 1 unspecified atom stereocenters. The van der Waals surface area contributed by atoms with Crippen LogP contribution >= 0.6 is 0 Å². The van der Waals surface area contributed by atoms with Gasteiger partial charge in [0.1, 0.15) is 0 Å². The fourth-order valence-electron chi connectivity index (χ4n) is 1.32. The summed E-state index contributed by atoms with van der Waals surface area (Å²) in [5, 5.41) is 25.6. The molecule has 1 aromatic carbocycles. The molecule has 1 aromatic rings. The zero-order valence-electron chi connectivity index (χ0n) is 9.93. The molecule has 6 heteroatoms. The van der Waals surface area contributed by atoms with Gasteiger partial charge in [-0.3, -0.25) is 10.1 Å². The summed E-state index contributed by atoms with van der Waals surface area (Å²) in [6, 6.07) is 4.74. The van der Waals surface area contributed by atoms with Crippen LogP contribution in [-0.4, -0.2) is 30.2 Å². The maximum Gasteiger partial charge on any atom is 0.273 e. The van der Waals surface area contributed by atoms with Gasteiger partial charge in [0, 0.05) is 43.7 Å². The minimum Gasteiger partial charge on any atom is -0.396 e. The van der Waals surface area contributed by atoms with E-state index in [9.17, 15) is 10.1 Å². The molecule has 1 atom stereocenters. The molecule has 0 aliphatic rings. The van der Waals surface area contributed by atoms with Crippen LogP contribution in [0.2, 0.25) is 0 Å². The van der Waals surface area contributed by atoms with Crippen molar-refractivity contribution in [2.75, 3.05) is 30.8 Å². The Kier molecular flexibility index (Phi) is 4.71. The van der Waals surface area contributed by atoms with Crippen molar-refractivity contribution in [3.05, 3.63) is 28.3 Å². The van der Waals surface area contributed by atoms with Gasteiger partial charge in [0.05, 0.1) is 4.92 Å². The third-order valence-electron chi connectivity index (χ3n) is 2.38. The lowest BCUT2D eigenvalue weighted by atomic mass is 10.2. The first-order chi connectivity index (χ1) is 8.06. The molecule has 3 N–H and O–H groups in total. The van der Waals surface area contributed by atoms with Crippen LogP contribution in [0, 0.1) is 16.0 Å². The molecular weight excluding hydrogens is 222 g/mol. The van der Waals surface area contributed by atoms with E-state index in [0.29, 0.717) is 17.9 Å². The lowest BCUT2D eigenvalue weighted by Crippen LogP contribution is -2.14. The van der Waals surface area contributed by atoms with E-state index >= 15 is 0 Å². The predicted molar refractivity (Wildman–Crippen MR) is 67.4 cm³/mol. The molecule has 6 nitrogen and oxygen atoms in total. The normalized spacial score (nSPS) is 11.9. The zero-order valence-corrected chi connectivity index (χ0v) is 9.93. The van der Waals surface area contributed by atoms with Crippen molar-refractivity contribution in [1.82, 2.24) is 0 Å². The number of nitrogens with zero attached hydrogens (tertiary/aromatic N) is 1. The molecular formula is C11H17N3O3. The SMILES string of the molecule is CNc1cc(NCC(C)CO)cc([N+](=O)[O-])c1. The van der Waals surface area contributed by atoms with Gasteiger partial charge in [0.25, 0.3) is 5.69 Å². The summed E-state index contributed by atoms with van der Waals surface area (Å²) in [5.41, 5.74) is 1.39. The Morgan fingerprint density at radius 2 is 2.06 bits per heavy atom. The highest BCUT2D eigenvalue weighted by Gasteiger charge is 2.09. The van der Waals surface area contributed by atoms with Crippen LogP contribution in [0.5, 0.6) is 0 Å². The van der Waals surface area contributed by atoms with Crippen LogP contribution in [0.15, 0.2) is 18.2 Å². The van der Waals surface area contributed by atoms with Crippen LogP contribution in [0.25, 0.3) is 0 Å². The third kappa shape index (κ3) is 3.92. The maximum atomic E-state index is 10.7. The van der Waals surface area contributed by atoms with Crippen LogP contribution in [0.4, 0.5) is 17.1 Å². The number of hydrogen-bond acceptors (Lipinski definition) is 5. The summed E-state index contributed by atoms with van der Waals surface area (Å²) >= 11 is 0. The number of aliphatic hydroxyl groups excluding tert-OH is 1. The van der Waals surface area contributed by atoms with Crippen molar-refractivity contribution >= 4 is 17.1 Å². The van der Waals surface area contributed by atoms with Gasteiger partial charge in [-0.15, -0.1) is 0 Å². The maximum absolute atomic E-state index is 10.7. The number of benzene rings is 1. The number of nitro benzene ring substituents is 1. The molecule has 0 aromatic heterocycles. The van der Waals surface area contributed by atoms with Gasteiger partial charge in [-0.2, -0.15) is 0 Å². The number of nitrogens with one attached hydrogen (secondary N) is 2. The molecule has 0 radical (unpaired) electrons. The standard InChI is InChI=1S/C11H17N3O3/c1-8(7-15)6-13-10-3-9(12-2)4-11(5-10)14(16)17/h3-5,8,12-13,15H,6-7H2,1-2H3. The van der Waals surface area contributed by atoms with E-state index in [1.807, 2.05) is 6.92 Å². The Morgan fingerprint density at radius 3 is 2.59 bits per heavy atom. The van der Waals surface area contributed by atoms with Crippen LogP contribution < -0.4 is 10.6 Å². The van der Waals surface area contributed by atoms with Gasteiger partial charge in [-0.25, -0.2) is 0 Å². The largest absolute Gasteiger partial charge is 0.396 e. The zero-order chi connectivity index (χ0) is 12.8. The Hall–Kier alpha value is -1.82. The molecule has 0 bridgehead atoms. The van der Waals surface area contributed by atoms with E-state index in [1.165, 1.54) is 12.1 Å². The molecule has 0 fully saturated rings. The topological polar surface area (TPSA) is 87.4 Å². The van der Waals surface area contributed by atoms with E-state index < -0.39 is 4.92 Å². The van der Waals surface area contributed by atoms with E-state index in [2.05, 4.69) is 10.6 Å². The summed E-state index contributed by atoms with van der Waals surface area (Å²) in [4.78, 5) is 10.3. The quantitative estimate of drug-likeness (QED) is 0.519. The number of nitro groups is 1. The minimum atomic E-state index is -0.429. The second kappa shape index (κ2) is 6.05. The lowest BCUT2D eigenvalue weighted by Gasteiger charge is -2.12. The summed E-state index contributed by atoms with van der Waals surface area (Å²) in [6.45, 7) is 2.55. The van der Waals surface area contributed by atoms with Gasteiger partial charge in [0.2, 0.25) is 0 Å². The molecule has 1 rings (SSSR count). The van der Waals surface area contributed by atoms with Crippen molar-refractivity contribution in [2.24, 2.45) is 5.92 Å². The average Bonchev–Trinajstić information content (AvgIpc) is 2.35. The molecule has 0 heterocycles. The van der Waals surface area contributed by atoms with E-state index in [0.717, 1.165) is 0 Å². The van der Waals surface area contributed by atoms with Gasteiger partial charge >= 0.3 is 0 Å². The second-order valence-electron chi connectivity index (χ2n) is 3.94. The van der Waals surface area contributed by atoms with Crippen molar-refractivity contribution < 1.29 is 10.0 Å². The fourth-order valence-corrected chi connectivity index (χ4v) is 1.32. The van der Waals surface area contributed by atoms with Crippen molar-refractivity contribution in [3.63, 3.8) is 0 Å². The Labute approximate surface area is 99.8 Å². The summed E-state index contributed by atoms with van der Waals surface area (Å²) in [7, 11) is 1.71. The van der Waals surface area contributed by atoms with Crippen molar-refractivity contribution in [1.29, 1.82) is 0 Å². The van der Waals surface area contributed by atoms with Crippen molar-refractivity contribution in [3.8, 4) is 0 Å². The smallest absolute Gasteiger partial charge is 0.273 e. The van der Waals surface area contributed by atoms with Gasteiger partial charge in [0.15, 0.2) is 0 Å². The Morgan fingerprint density at radius 1 is 1.41 bits per heavy atom. The van der Waals surface area contributed by atoms with Crippen LogP contribution in [-0.2, 0) is 0 Å². The first-order valence-corrected chi connectivity index (χ1v) is 5.38. The monoisotopic (exact) mass is 239 g/mol. The van der Waals surface area contributed by atoms with E-state index in [-0.39, 0.29) is 18.2 Å². The van der Waals surface area contributed by atoms with Crippen molar-refractivity contribution in [2.45, 2.75) is 6.92 Å². The summed E-state index contributed by atoms with van der Waals surface area (Å²) < 4.78 is 0. The van der Waals surface area contributed by atoms with E-state index in [1.54, 1.807) is 13.1 Å². The average molecular weight is 239 g/mol. The number of hydrogen-bond donors (Lipinski definition) is 3. The third-order valence-corrected chi connectivity index (χ3v) is 2.38. The number of anilines is 2. The lowest BCUT2D eigenvalue weighted by molar-refractivity contribution is -0.384. The van der Waals surface area contributed by atoms with Gasteiger partial charge in [-0.05, 0) is 12.0 Å². The predicted octanol–water partition coefficient (Wildman–Crippen LogP) is 1.68. The highest BCUT2D eigenvalue weighted by molar-refractivity contribution is 5.63. The molecule has 17 heavy (non-hydrogen) atoms. The summed E-state index contributed by atoms with van der Waals surface area (Å²) in [6.07, 6.45) is 0.